The van der Waals surface area contributed by atoms with Crippen LogP contribution >= 0.6 is 0 Å². The Kier molecular flexibility index (Phi) is 19.7. The second-order valence-corrected chi connectivity index (χ2v) is 10.8. The zero-order valence-electron chi connectivity index (χ0n) is 19.4. The summed E-state index contributed by atoms with van der Waals surface area (Å²) in [5.74, 6) is 0. The van der Waals surface area contributed by atoms with E-state index in [1.165, 1.54) is 83.5 Å². The van der Waals surface area contributed by atoms with E-state index in [9.17, 15) is 13.5 Å². The van der Waals surface area contributed by atoms with Crippen molar-refractivity contribution in [2.75, 3.05) is 0 Å². The first-order chi connectivity index (χ1) is 13.9. The lowest BCUT2D eigenvalue weighted by Crippen LogP contribution is -2.16. The fraction of sp³-hybridized carbons (Fsp3) is 1.00. The molecule has 29 heavy (non-hydrogen) atoms. The average molecular weight is 435 g/mol. The average Bonchev–Trinajstić information content (AvgIpc) is 2.67. The van der Waals surface area contributed by atoms with Crippen LogP contribution in [0.2, 0.25) is 0 Å². The number of rotatable bonds is 22. The minimum absolute atomic E-state index is 0.119. The molecule has 0 spiro atoms. The first kappa shape index (κ1) is 28.9. The van der Waals surface area contributed by atoms with Crippen LogP contribution in [-0.4, -0.2) is 29.4 Å². The fourth-order valence-electron chi connectivity index (χ4n) is 3.86. The van der Waals surface area contributed by atoms with Gasteiger partial charge < -0.3 is 5.11 Å². The van der Waals surface area contributed by atoms with E-state index in [0.29, 0.717) is 6.42 Å². The summed E-state index contributed by atoms with van der Waals surface area (Å²) in [6.07, 6.45) is 23.4. The molecule has 4 nitrogen and oxygen atoms in total. The van der Waals surface area contributed by atoms with Gasteiger partial charge in [0, 0.05) is 0 Å². The van der Waals surface area contributed by atoms with E-state index < -0.39 is 15.4 Å². The van der Waals surface area contributed by atoms with Gasteiger partial charge in [-0.3, -0.25) is 4.55 Å². The lowest BCUT2D eigenvalue weighted by Gasteiger charge is -2.10. The first-order valence-electron chi connectivity index (χ1n) is 12.5. The second kappa shape index (κ2) is 19.8. The van der Waals surface area contributed by atoms with Crippen molar-refractivity contribution in [2.24, 2.45) is 0 Å². The number of hydrogen-bond acceptors (Lipinski definition) is 3. The Morgan fingerprint density at radius 3 is 1.24 bits per heavy atom. The number of aliphatic hydroxyl groups excluding tert-OH is 1. The molecule has 0 amide bonds. The van der Waals surface area contributed by atoms with Crippen molar-refractivity contribution in [3.8, 4) is 0 Å². The molecule has 0 aromatic rings. The highest BCUT2D eigenvalue weighted by Gasteiger charge is 2.15. The molecule has 0 saturated heterocycles. The first-order valence-corrected chi connectivity index (χ1v) is 14.0. The van der Waals surface area contributed by atoms with Gasteiger partial charge in [0.05, 0.1) is 11.4 Å². The van der Waals surface area contributed by atoms with Crippen LogP contribution < -0.4 is 0 Å². The summed E-state index contributed by atoms with van der Waals surface area (Å²) >= 11 is 0. The van der Waals surface area contributed by atoms with E-state index in [1.54, 1.807) is 6.92 Å². The molecular formula is C24H50O4S. The van der Waals surface area contributed by atoms with Crippen LogP contribution in [0.3, 0.4) is 0 Å². The Morgan fingerprint density at radius 2 is 0.897 bits per heavy atom. The molecule has 0 aliphatic heterocycles. The van der Waals surface area contributed by atoms with Crippen molar-refractivity contribution < 1.29 is 18.1 Å². The van der Waals surface area contributed by atoms with Crippen LogP contribution in [0.1, 0.15) is 142 Å². The van der Waals surface area contributed by atoms with Crippen LogP contribution in [0.15, 0.2) is 0 Å². The Balaban J connectivity index is 3.27. The van der Waals surface area contributed by atoms with Gasteiger partial charge >= 0.3 is 0 Å². The van der Waals surface area contributed by atoms with E-state index in [1.807, 2.05) is 0 Å². The van der Waals surface area contributed by atoms with Crippen LogP contribution in [0.5, 0.6) is 0 Å². The predicted octanol–water partition coefficient (Wildman–Crippen LogP) is 7.45. The summed E-state index contributed by atoms with van der Waals surface area (Å²) in [5.41, 5.74) is 0. The molecule has 0 aromatic heterocycles. The van der Waals surface area contributed by atoms with Gasteiger partial charge in [-0.25, -0.2) is 0 Å². The Morgan fingerprint density at radius 1 is 0.586 bits per heavy atom. The van der Waals surface area contributed by atoms with Gasteiger partial charge in [0.15, 0.2) is 0 Å². The van der Waals surface area contributed by atoms with Crippen LogP contribution in [0.25, 0.3) is 0 Å². The molecule has 2 N–H and O–H groups in total. The quantitative estimate of drug-likeness (QED) is 0.137. The normalized spacial score (nSPS) is 14.2. The van der Waals surface area contributed by atoms with Gasteiger partial charge in [-0.05, 0) is 26.2 Å². The Hall–Kier alpha value is -0.130. The molecule has 0 bridgehead atoms. The Labute approximate surface area is 182 Å². The maximum atomic E-state index is 10.9. The zero-order valence-corrected chi connectivity index (χ0v) is 20.2. The Bertz CT molecular complexity index is 436. The third kappa shape index (κ3) is 20.9. The highest BCUT2D eigenvalue weighted by atomic mass is 32.2. The minimum atomic E-state index is -3.86. The lowest BCUT2D eigenvalue weighted by molar-refractivity contribution is 0.147. The van der Waals surface area contributed by atoms with Crippen LogP contribution in [0, 0.1) is 0 Å². The number of unbranched alkanes of at least 4 members (excludes halogenated alkanes) is 15. The molecule has 0 aliphatic rings. The van der Waals surface area contributed by atoms with Gasteiger partial charge in [-0.15, -0.1) is 0 Å². The molecule has 0 fully saturated rings. The summed E-state index contributed by atoms with van der Waals surface area (Å²) in [7, 11) is -3.86. The third-order valence-corrected chi connectivity index (χ3v) is 7.30. The maximum Gasteiger partial charge on any atom is 0.267 e. The summed E-state index contributed by atoms with van der Waals surface area (Å²) in [6.45, 7) is 3.83. The summed E-state index contributed by atoms with van der Waals surface area (Å²) in [5, 5.41) is 9.45. The van der Waals surface area contributed by atoms with Gasteiger partial charge in [0.25, 0.3) is 10.1 Å². The standard InChI is InChI=1S/C24H50O4S/c1-3-4-5-6-7-8-9-12-15-18-21-24(25)22-19-16-13-10-11-14-17-20-23(2)29(26,27)28/h23-25H,3-22H2,1-2H3,(H,26,27,28). The van der Waals surface area contributed by atoms with Crippen LogP contribution in [-0.2, 0) is 10.1 Å². The van der Waals surface area contributed by atoms with Crippen molar-refractivity contribution in [3.05, 3.63) is 0 Å². The zero-order chi connectivity index (χ0) is 21.8. The van der Waals surface area contributed by atoms with E-state index in [0.717, 1.165) is 38.5 Å². The topological polar surface area (TPSA) is 74.6 Å². The molecule has 0 radical (unpaired) electrons. The smallest absolute Gasteiger partial charge is 0.267 e. The minimum Gasteiger partial charge on any atom is -0.393 e. The van der Waals surface area contributed by atoms with Gasteiger partial charge in [0.2, 0.25) is 0 Å². The van der Waals surface area contributed by atoms with Gasteiger partial charge in [-0.1, -0.05) is 116 Å². The maximum absolute atomic E-state index is 10.9. The van der Waals surface area contributed by atoms with Crippen molar-refractivity contribution in [1.29, 1.82) is 0 Å². The molecule has 2 unspecified atom stereocenters. The largest absolute Gasteiger partial charge is 0.393 e. The lowest BCUT2D eigenvalue weighted by atomic mass is 10.0. The van der Waals surface area contributed by atoms with E-state index >= 15 is 0 Å². The molecule has 0 heterocycles. The van der Waals surface area contributed by atoms with Gasteiger partial charge in [-0.2, -0.15) is 8.42 Å². The summed E-state index contributed by atoms with van der Waals surface area (Å²) in [6, 6.07) is 0. The number of aliphatic hydroxyl groups is 1. The molecule has 2 atom stereocenters. The molecule has 5 heteroatoms. The molecule has 0 aromatic carbocycles. The monoisotopic (exact) mass is 434 g/mol. The van der Waals surface area contributed by atoms with Crippen LogP contribution in [0.4, 0.5) is 0 Å². The highest BCUT2D eigenvalue weighted by Crippen LogP contribution is 2.16. The molecule has 0 saturated carbocycles. The molecular weight excluding hydrogens is 384 g/mol. The SMILES string of the molecule is CCCCCCCCCCCCC(O)CCCCCCCCCC(C)S(=O)(=O)O. The van der Waals surface area contributed by atoms with E-state index in [2.05, 4.69) is 6.92 Å². The van der Waals surface area contributed by atoms with Crippen molar-refractivity contribution in [2.45, 2.75) is 154 Å². The van der Waals surface area contributed by atoms with Crippen molar-refractivity contribution >= 4 is 10.1 Å². The number of hydrogen-bond donors (Lipinski definition) is 2. The fourth-order valence-corrected chi connectivity index (χ4v) is 4.32. The van der Waals surface area contributed by atoms with Crippen molar-refractivity contribution in [3.63, 3.8) is 0 Å². The second-order valence-electron chi connectivity index (χ2n) is 9.00. The summed E-state index contributed by atoms with van der Waals surface area (Å²) in [4.78, 5) is 0. The van der Waals surface area contributed by atoms with E-state index in [-0.39, 0.29) is 6.10 Å². The third-order valence-electron chi connectivity index (χ3n) is 6.05. The molecule has 0 aliphatic carbocycles. The van der Waals surface area contributed by atoms with Gasteiger partial charge in [0.1, 0.15) is 0 Å². The van der Waals surface area contributed by atoms with Crippen molar-refractivity contribution in [1.82, 2.24) is 0 Å². The molecule has 176 valence electrons. The molecule has 0 rings (SSSR count). The predicted molar refractivity (Wildman–Crippen MR) is 125 cm³/mol. The highest BCUT2D eigenvalue weighted by molar-refractivity contribution is 7.86. The van der Waals surface area contributed by atoms with E-state index in [4.69, 9.17) is 4.55 Å². The summed E-state index contributed by atoms with van der Waals surface area (Å²) < 4.78 is 30.8.